The zero-order valence-corrected chi connectivity index (χ0v) is 18.0. The predicted octanol–water partition coefficient (Wildman–Crippen LogP) is 5.85. The fourth-order valence-corrected chi connectivity index (χ4v) is 3.59. The van der Waals surface area contributed by atoms with E-state index in [1.807, 2.05) is 18.2 Å². The molecule has 0 aliphatic rings. The van der Waals surface area contributed by atoms with Gasteiger partial charge in [0, 0.05) is 31.3 Å². The van der Waals surface area contributed by atoms with Gasteiger partial charge in [0.25, 0.3) is 0 Å². The summed E-state index contributed by atoms with van der Waals surface area (Å²) in [7, 11) is 0. The molecule has 0 amide bonds. The molecule has 170 valence electrons. The Kier molecular flexibility index (Phi) is 7.34. The predicted molar refractivity (Wildman–Crippen MR) is 123 cm³/mol. The number of rotatable bonds is 10. The summed E-state index contributed by atoms with van der Waals surface area (Å²) in [6.07, 6.45) is 2.25. The highest BCUT2D eigenvalue weighted by atomic mass is 19.3. The van der Waals surface area contributed by atoms with Gasteiger partial charge in [-0.25, -0.2) is 28.1 Å². The summed E-state index contributed by atoms with van der Waals surface area (Å²) in [6.45, 7) is 0.777. The van der Waals surface area contributed by atoms with Crippen molar-refractivity contribution < 1.29 is 13.2 Å². The Labute approximate surface area is 190 Å². The summed E-state index contributed by atoms with van der Waals surface area (Å²) in [6, 6.07) is 17.9. The molecule has 2 aromatic carbocycles. The van der Waals surface area contributed by atoms with Crippen LogP contribution in [0.25, 0.3) is 22.6 Å². The average molecular weight is 451 g/mol. The molecule has 0 saturated heterocycles. The van der Waals surface area contributed by atoms with Gasteiger partial charge < -0.3 is 9.88 Å². The summed E-state index contributed by atoms with van der Waals surface area (Å²) in [5.74, 6) is 0.0914. The molecule has 0 unspecified atom stereocenters. The lowest BCUT2D eigenvalue weighted by atomic mass is 10.1. The fourth-order valence-electron chi connectivity index (χ4n) is 3.59. The van der Waals surface area contributed by atoms with Crippen molar-refractivity contribution in [1.29, 1.82) is 0 Å². The molecule has 0 aliphatic heterocycles. The van der Waals surface area contributed by atoms with Crippen molar-refractivity contribution in [2.24, 2.45) is 0 Å². The van der Waals surface area contributed by atoms with Gasteiger partial charge in [0.15, 0.2) is 0 Å². The van der Waals surface area contributed by atoms with E-state index in [0.29, 0.717) is 35.1 Å². The van der Waals surface area contributed by atoms with Crippen LogP contribution < -0.4 is 5.32 Å². The lowest BCUT2D eigenvalue weighted by Gasteiger charge is -2.11. The number of nitrogens with zero attached hydrogens (tertiary/aromatic N) is 4. The van der Waals surface area contributed by atoms with Gasteiger partial charge in [-0.1, -0.05) is 30.3 Å². The molecule has 0 fully saturated rings. The fraction of sp³-hybridized carbons (Fsp3) is 0.240. The maximum atomic E-state index is 13.4. The number of alkyl halides is 2. The molecule has 33 heavy (non-hydrogen) atoms. The second-order valence-corrected chi connectivity index (χ2v) is 7.60. The van der Waals surface area contributed by atoms with Crippen LogP contribution in [-0.2, 0) is 13.0 Å². The maximum Gasteiger partial charge on any atom is 0.240 e. The quantitative estimate of drug-likeness (QED) is 0.308. The summed E-state index contributed by atoms with van der Waals surface area (Å²) >= 11 is 0. The minimum Gasteiger partial charge on any atom is -0.354 e. The van der Waals surface area contributed by atoms with E-state index in [-0.39, 0.29) is 18.8 Å². The molecule has 0 aliphatic carbocycles. The largest absolute Gasteiger partial charge is 0.354 e. The lowest BCUT2D eigenvalue weighted by molar-refractivity contribution is 0.131. The van der Waals surface area contributed by atoms with Crippen molar-refractivity contribution in [3.05, 3.63) is 84.6 Å². The van der Waals surface area contributed by atoms with Crippen LogP contribution in [0.1, 0.15) is 18.4 Å². The summed E-state index contributed by atoms with van der Waals surface area (Å²) in [5.41, 5.74) is 3.65. The third kappa shape index (κ3) is 5.97. The molecule has 2 heterocycles. The van der Waals surface area contributed by atoms with Crippen LogP contribution in [0, 0.1) is 5.82 Å². The first-order valence-electron chi connectivity index (χ1n) is 10.8. The summed E-state index contributed by atoms with van der Waals surface area (Å²) < 4.78 is 40.8. The number of aromatic nitrogens is 4. The minimum absolute atomic E-state index is 0.0883. The zero-order chi connectivity index (χ0) is 23.0. The van der Waals surface area contributed by atoms with Gasteiger partial charge in [0.1, 0.15) is 5.82 Å². The van der Waals surface area contributed by atoms with Crippen molar-refractivity contribution in [1.82, 2.24) is 19.5 Å². The number of imidazole rings is 1. The number of hydrogen-bond acceptors (Lipinski definition) is 4. The van der Waals surface area contributed by atoms with Crippen LogP contribution in [0.3, 0.4) is 0 Å². The van der Waals surface area contributed by atoms with E-state index in [4.69, 9.17) is 0 Å². The molecule has 0 bridgehead atoms. The molecule has 8 heteroatoms. The van der Waals surface area contributed by atoms with Crippen LogP contribution in [0.2, 0.25) is 0 Å². The second kappa shape index (κ2) is 10.8. The van der Waals surface area contributed by atoms with Gasteiger partial charge in [-0.3, -0.25) is 0 Å². The Bertz CT molecular complexity index is 1160. The third-order valence-corrected chi connectivity index (χ3v) is 5.21. The first kappa shape index (κ1) is 22.5. The normalized spacial score (nSPS) is 11.2. The van der Waals surface area contributed by atoms with E-state index < -0.39 is 6.43 Å². The molecular formula is C25H24F3N5. The van der Waals surface area contributed by atoms with Gasteiger partial charge in [0.2, 0.25) is 12.4 Å². The Morgan fingerprint density at radius 2 is 1.73 bits per heavy atom. The summed E-state index contributed by atoms with van der Waals surface area (Å²) in [4.78, 5) is 13.3. The molecule has 0 spiro atoms. The van der Waals surface area contributed by atoms with Gasteiger partial charge in [-0.15, -0.1) is 0 Å². The second-order valence-electron chi connectivity index (χ2n) is 7.60. The lowest BCUT2D eigenvalue weighted by Crippen LogP contribution is -2.08. The zero-order valence-electron chi connectivity index (χ0n) is 18.0. The van der Waals surface area contributed by atoms with Crippen molar-refractivity contribution >= 4 is 5.95 Å². The number of halogens is 3. The molecule has 4 rings (SSSR count). The van der Waals surface area contributed by atoms with Crippen LogP contribution in [0.5, 0.6) is 0 Å². The van der Waals surface area contributed by atoms with Gasteiger partial charge >= 0.3 is 0 Å². The van der Waals surface area contributed by atoms with E-state index in [0.717, 1.165) is 12.8 Å². The number of aryl methyl sites for hydroxylation is 2. The van der Waals surface area contributed by atoms with E-state index in [2.05, 4.69) is 32.4 Å². The van der Waals surface area contributed by atoms with Crippen LogP contribution >= 0.6 is 0 Å². The van der Waals surface area contributed by atoms with Crippen LogP contribution in [0.15, 0.2) is 73.2 Å². The summed E-state index contributed by atoms with van der Waals surface area (Å²) in [5, 5.41) is 3.23. The maximum absolute atomic E-state index is 13.4. The van der Waals surface area contributed by atoms with Crippen molar-refractivity contribution in [2.45, 2.75) is 32.2 Å². The van der Waals surface area contributed by atoms with E-state index >= 15 is 0 Å². The third-order valence-electron chi connectivity index (χ3n) is 5.21. The van der Waals surface area contributed by atoms with Crippen molar-refractivity contribution in [2.75, 3.05) is 11.9 Å². The molecule has 0 atom stereocenters. The van der Waals surface area contributed by atoms with Crippen LogP contribution in [0.4, 0.5) is 19.1 Å². The highest BCUT2D eigenvalue weighted by molar-refractivity contribution is 5.77. The van der Waals surface area contributed by atoms with E-state index in [1.54, 1.807) is 29.0 Å². The molecule has 1 N–H and O–H groups in total. The monoisotopic (exact) mass is 451 g/mol. The molecule has 5 nitrogen and oxygen atoms in total. The molecular weight excluding hydrogens is 427 g/mol. The van der Waals surface area contributed by atoms with Crippen molar-refractivity contribution in [3.63, 3.8) is 0 Å². The Hall–Kier alpha value is -3.68. The van der Waals surface area contributed by atoms with Crippen molar-refractivity contribution in [3.8, 4) is 22.6 Å². The smallest absolute Gasteiger partial charge is 0.240 e. The standard InChI is InChI=1S/C25H24F3N5/c26-20-10-8-19(9-11-20)23-24(33(17-31-23)16-13-22(27)28)21-12-15-30-25(32-21)29-14-4-7-18-5-2-1-3-6-18/h1-3,5-6,8-12,15,17,22H,4,7,13-14,16H2,(H,29,30,32). The number of hydrogen-bond donors (Lipinski definition) is 1. The number of anilines is 1. The van der Waals surface area contributed by atoms with Gasteiger partial charge in [-0.05, 0) is 48.7 Å². The molecule has 2 aromatic heterocycles. The first-order chi connectivity index (χ1) is 16.1. The van der Waals surface area contributed by atoms with E-state index in [1.165, 1.54) is 24.0 Å². The molecule has 0 radical (unpaired) electrons. The highest BCUT2D eigenvalue weighted by Gasteiger charge is 2.18. The minimum atomic E-state index is -2.43. The first-order valence-corrected chi connectivity index (χ1v) is 10.8. The van der Waals surface area contributed by atoms with E-state index in [9.17, 15) is 13.2 Å². The average Bonchev–Trinajstić information content (AvgIpc) is 3.26. The Balaban J connectivity index is 1.55. The van der Waals surface area contributed by atoms with Gasteiger partial charge in [-0.2, -0.15) is 0 Å². The molecule has 0 saturated carbocycles. The van der Waals surface area contributed by atoms with Crippen LogP contribution in [-0.4, -0.2) is 32.5 Å². The Morgan fingerprint density at radius 1 is 0.939 bits per heavy atom. The van der Waals surface area contributed by atoms with Gasteiger partial charge in [0.05, 0.1) is 23.4 Å². The number of nitrogens with one attached hydrogen (secondary N) is 1. The molecule has 4 aromatic rings. The SMILES string of the molecule is Fc1ccc(-c2ncn(CCC(F)F)c2-c2ccnc(NCCCc3ccccc3)n2)cc1. The highest BCUT2D eigenvalue weighted by Crippen LogP contribution is 2.31. The topological polar surface area (TPSA) is 55.6 Å². The Morgan fingerprint density at radius 3 is 2.48 bits per heavy atom. The number of benzene rings is 2.